The predicted molar refractivity (Wildman–Crippen MR) is 79.3 cm³/mol. The Balaban J connectivity index is 0.00000176. The number of benzene rings is 1. The molecule has 0 saturated carbocycles. The second-order valence-corrected chi connectivity index (χ2v) is 7.71. The fraction of sp³-hybridized carbons (Fsp3) is 0.500. The molecular formula is C14H20GeNO6. The fourth-order valence-electron chi connectivity index (χ4n) is 2.29. The Labute approximate surface area is 134 Å². The van der Waals surface area contributed by atoms with Crippen molar-refractivity contribution in [1.29, 1.82) is 0 Å². The summed E-state index contributed by atoms with van der Waals surface area (Å²) in [6.07, 6.45) is -0.173. The van der Waals surface area contributed by atoms with E-state index in [9.17, 15) is 4.79 Å². The van der Waals surface area contributed by atoms with Crippen molar-refractivity contribution in [2.75, 3.05) is 39.5 Å². The Kier molecular flexibility index (Phi) is 6.80. The van der Waals surface area contributed by atoms with Crippen molar-refractivity contribution < 1.29 is 26.3 Å². The molecule has 2 N–H and O–H groups in total. The maximum atomic E-state index is 11.9. The van der Waals surface area contributed by atoms with Gasteiger partial charge in [-0.1, -0.05) is 0 Å². The predicted octanol–water partition coefficient (Wildman–Crippen LogP) is -0.249. The van der Waals surface area contributed by atoms with E-state index in [4.69, 9.17) is 16.0 Å². The molecule has 3 fully saturated rings. The summed E-state index contributed by atoms with van der Waals surface area (Å²) in [5.74, 6) is -0.326. The van der Waals surface area contributed by atoms with Gasteiger partial charge in [0.1, 0.15) is 0 Å². The third-order valence-corrected chi connectivity index (χ3v) is 6.34. The van der Waals surface area contributed by atoms with Crippen LogP contribution in [0.2, 0.25) is 0 Å². The van der Waals surface area contributed by atoms with Crippen LogP contribution in [0.25, 0.3) is 0 Å². The van der Waals surface area contributed by atoms with Crippen LogP contribution in [0.5, 0.6) is 0 Å². The van der Waals surface area contributed by atoms with E-state index in [-0.39, 0.29) is 24.2 Å². The number of ether oxygens (including phenoxy) is 1. The molecule has 1 unspecified atom stereocenters. The van der Waals surface area contributed by atoms with Crippen molar-refractivity contribution in [2.45, 2.75) is 6.10 Å². The molecule has 0 amide bonds. The van der Waals surface area contributed by atoms with Gasteiger partial charge in [0.2, 0.25) is 0 Å². The monoisotopic (exact) mass is 372 g/mol. The van der Waals surface area contributed by atoms with Crippen molar-refractivity contribution in [1.82, 2.24) is 4.90 Å². The first-order valence-electron chi connectivity index (χ1n) is 7.05. The minimum atomic E-state index is -2.36. The number of esters is 1. The van der Waals surface area contributed by atoms with E-state index in [1.807, 2.05) is 18.2 Å². The topological polar surface area (TPSA) is 88.7 Å². The van der Waals surface area contributed by atoms with Crippen LogP contribution in [0.15, 0.2) is 30.3 Å². The minimum absolute atomic E-state index is 0. The summed E-state index contributed by atoms with van der Waals surface area (Å²) in [6, 6.07) is 8.97. The van der Waals surface area contributed by atoms with E-state index in [2.05, 4.69) is 4.90 Å². The van der Waals surface area contributed by atoms with Gasteiger partial charge in [-0.25, -0.2) is 0 Å². The van der Waals surface area contributed by atoms with Crippen LogP contribution in [0.4, 0.5) is 0 Å². The number of nitrogens with zero attached hydrogens (tertiary/aromatic N) is 1. The molecule has 1 radical (unpaired) electrons. The van der Waals surface area contributed by atoms with Gasteiger partial charge in [0, 0.05) is 0 Å². The zero-order valence-electron chi connectivity index (χ0n) is 12.2. The van der Waals surface area contributed by atoms with Gasteiger partial charge in [-0.2, -0.15) is 0 Å². The van der Waals surface area contributed by atoms with Gasteiger partial charge in [-0.15, -0.1) is 0 Å². The number of hydrogen-bond donors (Lipinski definition) is 0. The van der Waals surface area contributed by atoms with Crippen molar-refractivity contribution in [2.24, 2.45) is 0 Å². The van der Waals surface area contributed by atoms with Crippen LogP contribution in [0.3, 0.4) is 0 Å². The van der Waals surface area contributed by atoms with Gasteiger partial charge in [-0.3, -0.25) is 0 Å². The Bertz CT molecular complexity index is 450. The second-order valence-electron chi connectivity index (χ2n) is 4.95. The summed E-state index contributed by atoms with van der Waals surface area (Å²) in [6.45, 7) is 4.06. The standard InChI is InChI=1S/C14H18GeNO5.H2O/c17-14(12-4-2-1-3-5-12)18-11-13-10-16-6-8-19-15(21-13)20-9-7-16;/h1-5,13H,6-11H2;1H2. The van der Waals surface area contributed by atoms with Crippen LogP contribution < -0.4 is 0 Å². The quantitative estimate of drug-likeness (QED) is 0.538. The molecule has 8 heteroatoms. The molecule has 1 atom stereocenters. The van der Waals surface area contributed by atoms with Crippen LogP contribution >= 0.6 is 0 Å². The van der Waals surface area contributed by atoms with Gasteiger partial charge in [-0.05, 0) is 0 Å². The summed E-state index contributed by atoms with van der Waals surface area (Å²) >= 11 is -2.36. The zero-order valence-corrected chi connectivity index (χ0v) is 14.3. The molecule has 0 spiro atoms. The van der Waals surface area contributed by atoms with Gasteiger partial charge in [0.25, 0.3) is 0 Å². The van der Waals surface area contributed by atoms with Crippen molar-refractivity contribution >= 4 is 21.3 Å². The Morgan fingerprint density at radius 2 is 1.91 bits per heavy atom. The number of carbonyl (C=O) groups excluding carboxylic acids is 1. The van der Waals surface area contributed by atoms with Crippen LogP contribution in [0, 0.1) is 0 Å². The molecule has 2 bridgehead atoms. The Hall–Kier alpha value is -0.967. The van der Waals surface area contributed by atoms with Gasteiger partial charge < -0.3 is 5.48 Å². The van der Waals surface area contributed by atoms with E-state index in [0.29, 0.717) is 18.8 Å². The normalized spacial score (nSPS) is 25.5. The first kappa shape index (κ1) is 17.4. The van der Waals surface area contributed by atoms with Gasteiger partial charge in [0.15, 0.2) is 0 Å². The van der Waals surface area contributed by atoms with E-state index in [1.54, 1.807) is 12.1 Å². The van der Waals surface area contributed by atoms with Crippen molar-refractivity contribution in [3.8, 4) is 0 Å². The summed E-state index contributed by atoms with van der Waals surface area (Å²) in [7, 11) is 0. The molecule has 4 rings (SSSR count). The van der Waals surface area contributed by atoms with Crippen molar-refractivity contribution in [3.05, 3.63) is 35.9 Å². The molecule has 3 aliphatic rings. The molecule has 0 aliphatic carbocycles. The summed E-state index contributed by atoms with van der Waals surface area (Å²) in [5.41, 5.74) is 0.552. The van der Waals surface area contributed by atoms with Gasteiger partial charge in [0.05, 0.1) is 0 Å². The van der Waals surface area contributed by atoms with Gasteiger partial charge >= 0.3 is 129 Å². The Morgan fingerprint density at radius 3 is 2.59 bits per heavy atom. The first-order valence-corrected chi connectivity index (χ1v) is 9.62. The number of rotatable bonds is 3. The Morgan fingerprint density at radius 1 is 1.23 bits per heavy atom. The zero-order chi connectivity index (χ0) is 14.5. The number of carbonyl (C=O) groups is 1. The summed E-state index contributed by atoms with van der Waals surface area (Å²) in [5, 5.41) is 0. The molecule has 3 saturated heterocycles. The van der Waals surface area contributed by atoms with E-state index < -0.39 is 15.4 Å². The third-order valence-electron chi connectivity index (χ3n) is 3.39. The van der Waals surface area contributed by atoms with E-state index in [0.717, 1.165) is 19.6 Å². The second kappa shape index (κ2) is 8.61. The third kappa shape index (κ3) is 4.77. The van der Waals surface area contributed by atoms with E-state index in [1.165, 1.54) is 0 Å². The first-order chi connectivity index (χ1) is 10.3. The molecule has 3 aliphatic heterocycles. The number of hydrogen-bond acceptors (Lipinski definition) is 6. The molecule has 121 valence electrons. The molecule has 22 heavy (non-hydrogen) atoms. The van der Waals surface area contributed by atoms with Crippen LogP contribution in [-0.2, 0) is 16.0 Å². The number of fused-ring (bicyclic) bond motifs is 6. The fourth-order valence-corrected chi connectivity index (χ4v) is 4.71. The summed E-state index contributed by atoms with van der Waals surface area (Å²) < 4.78 is 22.4. The molecular weight excluding hydrogens is 351 g/mol. The molecule has 7 nitrogen and oxygen atoms in total. The summed E-state index contributed by atoms with van der Waals surface area (Å²) in [4.78, 5) is 14.2. The maximum absolute atomic E-state index is 11.9. The molecule has 0 aromatic heterocycles. The molecule has 1 aromatic carbocycles. The van der Waals surface area contributed by atoms with Crippen molar-refractivity contribution in [3.63, 3.8) is 0 Å². The van der Waals surface area contributed by atoms with E-state index >= 15 is 0 Å². The SMILES string of the molecule is O.O=C(OCC1CN2CC[O][Ge]([O]CC2)[O]1)c1ccccc1. The molecule has 1 aromatic rings. The molecule has 3 heterocycles. The average molecular weight is 371 g/mol. The van der Waals surface area contributed by atoms with Crippen LogP contribution in [-0.4, -0.2) is 77.3 Å². The average Bonchev–Trinajstić information content (AvgIpc) is 2.45. The van der Waals surface area contributed by atoms with Crippen LogP contribution in [0.1, 0.15) is 10.4 Å².